The van der Waals surface area contributed by atoms with Crippen molar-refractivity contribution in [3.8, 4) is 11.7 Å². The topological polar surface area (TPSA) is 54.7 Å². The van der Waals surface area contributed by atoms with E-state index in [1.807, 2.05) is 35.2 Å². The van der Waals surface area contributed by atoms with Crippen molar-refractivity contribution in [1.82, 2.24) is 10.2 Å². The average Bonchev–Trinajstić information content (AvgIpc) is 3.38. The van der Waals surface area contributed by atoms with Crippen LogP contribution in [0.2, 0.25) is 0 Å². The summed E-state index contributed by atoms with van der Waals surface area (Å²) in [4.78, 5) is 14.5. The fraction of sp³-hybridized carbons (Fsp3) is 0.450. The van der Waals surface area contributed by atoms with E-state index in [9.17, 15) is 4.79 Å². The molecule has 132 valence electrons. The number of carbonyl (C=O) groups is 1. The summed E-state index contributed by atoms with van der Waals surface area (Å²) in [5, 5.41) is 3.63. The van der Waals surface area contributed by atoms with Crippen LogP contribution >= 0.6 is 0 Å². The van der Waals surface area contributed by atoms with Gasteiger partial charge in [-0.25, -0.2) is 0 Å². The number of carbonyl (C=O) groups excluding carboxylic acids is 1. The number of rotatable bonds is 6. The first-order valence-corrected chi connectivity index (χ1v) is 9.13. The lowest BCUT2D eigenvalue weighted by atomic mass is 10.0. The molecule has 2 heterocycles. The molecule has 0 atom stereocenters. The minimum Gasteiger partial charge on any atom is -0.426 e. The van der Waals surface area contributed by atoms with Gasteiger partial charge in [0.2, 0.25) is 0 Å². The van der Waals surface area contributed by atoms with Crippen molar-refractivity contribution in [2.45, 2.75) is 31.7 Å². The SMILES string of the molecule is O=C(c1ccc(Oc2ccccc2)o1)N1CCC(NCC2CC2)CC1. The number of hydrogen-bond donors (Lipinski definition) is 1. The van der Waals surface area contributed by atoms with Crippen LogP contribution in [0.15, 0.2) is 46.9 Å². The third-order valence-electron chi connectivity index (χ3n) is 4.93. The summed E-state index contributed by atoms with van der Waals surface area (Å²) in [6.07, 6.45) is 4.76. The largest absolute Gasteiger partial charge is 0.426 e. The Labute approximate surface area is 148 Å². The van der Waals surface area contributed by atoms with Crippen LogP contribution < -0.4 is 10.1 Å². The molecule has 0 spiro atoms. The van der Waals surface area contributed by atoms with Gasteiger partial charge in [-0.1, -0.05) is 18.2 Å². The minimum atomic E-state index is -0.0523. The number of nitrogens with zero attached hydrogens (tertiary/aromatic N) is 1. The number of para-hydroxylation sites is 1. The Morgan fingerprint density at radius 3 is 2.56 bits per heavy atom. The Hall–Kier alpha value is -2.27. The molecule has 1 saturated carbocycles. The Kier molecular flexibility index (Phi) is 4.74. The molecule has 1 aromatic heterocycles. The van der Waals surface area contributed by atoms with Crippen molar-refractivity contribution in [2.24, 2.45) is 5.92 Å². The molecule has 0 unspecified atom stereocenters. The molecule has 0 bridgehead atoms. The first-order chi connectivity index (χ1) is 12.3. The fourth-order valence-corrected chi connectivity index (χ4v) is 3.19. The molecule has 2 fully saturated rings. The number of benzene rings is 1. The van der Waals surface area contributed by atoms with Gasteiger partial charge >= 0.3 is 0 Å². The zero-order valence-corrected chi connectivity index (χ0v) is 14.3. The van der Waals surface area contributed by atoms with Gasteiger partial charge < -0.3 is 19.4 Å². The Balaban J connectivity index is 1.29. The van der Waals surface area contributed by atoms with E-state index in [0.29, 0.717) is 23.5 Å². The van der Waals surface area contributed by atoms with E-state index in [4.69, 9.17) is 9.15 Å². The Morgan fingerprint density at radius 2 is 1.84 bits per heavy atom. The lowest BCUT2D eigenvalue weighted by Gasteiger charge is -2.32. The number of amides is 1. The van der Waals surface area contributed by atoms with E-state index in [1.54, 1.807) is 12.1 Å². The van der Waals surface area contributed by atoms with Crippen molar-refractivity contribution in [3.63, 3.8) is 0 Å². The second kappa shape index (κ2) is 7.31. The predicted molar refractivity (Wildman–Crippen MR) is 94.9 cm³/mol. The Morgan fingerprint density at radius 1 is 1.08 bits per heavy atom. The summed E-state index contributed by atoms with van der Waals surface area (Å²) < 4.78 is 11.2. The summed E-state index contributed by atoms with van der Waals surface area (Å²) in [5.74, 6) is 2.22. The van der Waals surface area contributed by atoms with E-state index >= 15 is 0 Å². The number of piperidine rings is 1. The number of ether oxygens (including phenoxy) is 1. The number of hydrogen-bond acceptors (Lipinski definition) is 4. The van der Waals surface area contributed by atoms with Crippen LogP contribution in [-0.2, 0) is 0 Å². The van der Waals surface area contributed by atoms with Crippen LogP contribution in [0.4, 0.5) is 0 Å². The second-order valence-corrected chi connectivity index (χ2v) is 6.95. The third-order valence-corrected chi connectivity index (χ3v) is 4.93. The zero-order valence-electron chi connectivity index (χ0n) is 14.3. The van der Waals surface area contributed by atoms with Crippen molar-refractivity contribution in [2.75, 3.05) is 19.6 Å². The van der Waals surface area contributed by atoms with Crippen LogP contribution in [-0.4, -0.2) is 36.5 Å². The molecule has 1 N–H and O–H groups in total. The Bertz CT molecular complexity index is 701. The van der Waals surface area contributed by atoms with Crippen molar-refractivity contribution in [3.05, 3.63) is 48.2 Å². The first-order valence-electron chi connectivity index (χ1n) is 9.13. The van der Waals surface area contributed by atoms with Gasteiger partial charge in [-0.2, -0.15) is 0 Å². The third kappa shape index (κ3) is 4.23. The van der Waals surface area contributed by atoms with E-state index in [0.717, 1.165) is 38.4 Å². The van der Waals surface area contributed by atoms with Crippen LogP contribution in [0.1, 0.15) is 36.2 Å². The second-order valence-electron chi connectivity index (χ2n) is 6.95. The fourth-order valence-electron chi connectivity index (χ4n) is 3.19. The predicted octanol–water partition coefficient (Wildman–Crippen LogP) is 3.68. The summed E-state index contributed by atoms with van der Waals surface area (Å²) in [7, 11) is 0. The van der Waals surface area contributed by atoms with Gasteiger partial charge in [0.15, 0.2) is 5.76 Å². The highest BCUT2D eigenvalue weighted by Gasteiger charge is 2.27. The van der Waals surface area contributed by atoms with Gasteiger partial charge in [0.05, 0.1) is 0 Å². The maximum absolute atomic E-state index is 12.6. The van der Waals surface area contributed by atoms with E-state index in [-0.39, 0.29) is 5.91 Å². The molecule has 2 aliphatic rings. The van der Waals surface area contributed by atoms with Gasteiger partial charge in [0.1, 0.15) is 5.75 Å². The maximum atomic E-state index is 12.6. The van der Waals surface area contributed by atoms with Crippen LogP contribution in [0.25, 0.3) is 0 Å². The highest BCUT2D eigenvalue weighted by molar-refractivity contribution is 5.91. The molecule has 0 radical (unpaired) electrons. The molecule has 1 amide bonds. The lowest BCUT2D eigenvalue weighted by molar-refractivity contribution is 0.0668. The van der Waals surface area contributed by atoms with Crippen LogP contribution in [0.5, 0.6) is 11.7 Å². The van der Waals surface area contributed by atoms with Gasteiger partial charge in [-0.15, -0.1) is 0 Å². The summed E-state index contributed by atoms with van der Waals surface area (Å²) >= 11 is 0. The summed E-state index contributed by atoms with van der Waals surface area (Å²) in [6, 6.07) is 13.3. The minimum absolute atomic E-state index is 0.0523. The van der Waals surface area contributed by atoms with E-state index in [2.05, 4.69) is 5.32 Å². The quantitative estimate of drug-likeness (QED) is 0.872. The summed E-state index contributed by atoms with van der Waals surface area (Å²) in [6.45, 7) is 2.68. The molecule has 5 heteroatoms. The zero-order chi connectivity index (χ0) is 17.1. The monoisotopic (exact) mass is 340 g/mol. The van der Waals surface area contributed by atoms with E-state index in [1.165, 1.54) is 12.8 Å². The highest BCUT2D eigenvalue weighted by Crippen LogP contribution is 2.28. The van der Waals surface area contributed by atoms with Gasteiger partial charge in [-0.3, -0.25) is 4.79 Å². The molecule has 1 aromatic carbocycles. The molecule has 4 rings (SSSR count). The van der Waals surface area contributed by atoms with Gasteiger partial charge in [0.25, 0.3) is 11.9 Å². The molecule has 2 aromatic rings. The van der Waals surface area contributed by atoms with Gasteiger partial charge in [-0.05, 0) is 56.3 Å². The lowest BCUT2D eigenvalue weighted by Crippen LogP contribution is -2.45. The number of furan rings is 1. The van der Waals surface area contributed by atoms with E-state index < -0.39 is 0 Å². The molecule has 1 aliphatic carbocycles. The number of likely N-dealkylation sites (tertiary alicyclic amines) is 1. The van der Waals surface area contributed by atoms with Crippen molar-refractivity contribution in [1.29, 1.82) is 0 Å². The molecular weight excluding hydrogens is 316 g/mol. The molecular formula is C20H24N2O3. The molecule has 1 aliphatic heterocycles. The summed E-state index contributed by atoms with van der Waals surface area (Å²) in [5.41, 5.74) is 0. The standard InChI is InChI=1S/C20H24N2O3/c23-20(22-12-10-16(11-13-22)21-14-15-6-7-15)18-8-9-19(25-18)24-17-4-2-1-3-5-17/h1-5,8-9,15-16,21H,6-7,10-14H2. The maximum Gasteiger partial charge on any atom is 0.290 e. The number of nitrogens with one attached hydrogen (secondary N) is 1. The van der Waals surface area contributed by atoms with Crippen molar-refractivity contribution >= 4 is 5.91 Å². The molecule has 1 saturated heterocycles. The van der Waals surface area contributed by atoms with Gasteiger partial charge in [0, 0.05) is 25.2 Å². The van der Waals surface area contributed by atoms with Crippen molar-refractivity contribution < 1.29 is 13.9 Å². The average molecular weight is 340 g/mol. The smallest absolute Gasteiger partial charge is 0.290 e. The van der Waals surface area contributed by atoms with Crippen LogP contribution in [0, 0.1) is 5.92 Å². The highest BCUT2D eigenvalue weighted by atomic mass is 16.6. The molecule has 5 nitrogen and oxygen atoms in total. The normalized spacial score (nSPS) is 18.3. The van der Waals surface area contributed by atoms with Crippen LogP contribution in [0.3, 0.4) is 0 Å². The molecule has 25 heavy (non-hydrogen) atoms. The first kappa shape index (κ1) is 16.2.